The third kappa shape index (κ3) is 6.39. The summed E-state index contributed by atoms with van der Waals surface area (Å²) in [5.74, 6) is 0.816. The van der Waals surface area contributed by atoms with Crippen molar-refractivity contribution in [2.75, 3.05) is 33.0 Å². The first-order chi connectivity index (χ1) is 8.38. The molecule has 0 amide bonds. The van der Waals surface area contributed by atoms with Gasteiger partial charge in [0, 0.05) is 12.6 Å². The molecule has 1 atom stereocenters. The van der Waals surface area contributed by atoms with Gasteiger partial charge in [-0.05, 0) is 32.2 Å². The van der Waals surface area contributed by atoms with Gasteiger partial charge in [0.1, 0.15) is 0 Å². The Hall–Kier alpha value is -0.120. The van der Waals surface area contributed by atoms with Crippen molar-refractivity contribution in [1.82, 2.24) is 5.32 Å². The summed E-state index contributed by atoms with van der Waals surface area (Å²) < 4.78 is 11.0. The maximum atomic E-state index is 5.72. The van der Waals surface area contributed by atoms with E-state index in [0.717, 1.165) is 38.9 Å². The van der Waals surface area contributed by atoms with Crippen molar-refractivity contribution in [3.8, 4) is 0 Å². The van der Waals surface area contributed by atoms with Crippen LogP contribution < -0.4 is 5.32 Å². The van der Waals surface area contributed by atoms with Gasteiger partial charge in [-0.2, -0.15) is 0 Å². The zero-order valence-corrected chi connectivity index (χ0v) is 11.5. The number of likely N-dealkylation sites (N-methyl/N-ethyl adjacent to an activating group) is 1. The van der Waals surface area contributed by atoms with Gasteiger partial charge in [-0.1, -0.05) is 26.2 Å². The highest BCUT2D eigenvalue weighted by Crippen LogP contribution is 2.26. The van der Waals surface area contributed by atoms with Gasteiger partial charge in [0.2, 0.25) is 0 Å². The smallest absolute Gasteiger partial charge is 0.0701 e. The minimum atomic E-state index is 0.543. The van der Waals surface area contributed by atoms with Crippen molar-refractivity contribution in [1.29, 1.82) is 0 Å². The summed E-state index contributed by atoms with van der Waals surface area (Å²) in [6.07, 6.45) is 6.94. The van der Waals surface area contributed by atoms with Gasteiger partial charge in [0.25, 0.3) is 0 Å². The van der Waals surface area contributed by atoms with E-state index in [2.05, 4.69) is 12.2 Å². The van der Waals surface area contributed by atoms with Crippen molar-refractivity contribution >= 4 is 0 Å². The molecule has 3 nitrogen and oxygen atoms in total. The van der Waals surface area contributed by atoms with Crippen LogP contribution in [0.4, 0.5) is 0 Å². The molecular weight excluding hydrogens is 214 g/mol. The lowest BCUT2D eigenvalue weighted by Crippen LogP contribution is -2.41. The second-order valence-electron chi connectivity index (χ2n) is 4.83. The van der Waals surface area contributed by atoms with Gasteiger partial charge in [-0.15, -0.1) is 0 Å². The number of rotatable bonds is 9. The van der Waals surface area contributed by atoms with E-state index in [-0.39, 0.29) is 0 Å². The molecular formula is C14H29NO2. The van der Waals surface area contributed by atoms with Crippen LogP contribution in [-0.4, -0.2) is 39.0 Å². The van der Waals surface area contributed by atoms with Crippen molar-refractivity contribution in [2.45, 2.75) is 52.0 Å². The van der Waals surface area contributed by atoms with E-state index in [1.165, 1.54) is 32.1 Å². The zero-order valence-electron chi connectivity index (χ0n) is 11.5. The molecule has 1 rings (SSSR count). The van der Waals surface area contributed by atoms with E-state index in [0.29, 0.717) is 6.04 Å². The number of hydrogen-bond donors (Lipinski definition) is 1. The Bertz CT molecular complexity index is 170. The second-order valence-corrected chi connectivity index (χ2v) is 4.83. The van der Waals surface area contributed by atoms with E-state index >= 15 is 0 Å². The average Bonchev–Trinajstić information content (AvgIpc) is 2.38. The van der Waals surface area contributed by atoms with Crippen LogP contribution in [0.3, 0.4) is 0 Å². The molecule has 1 fully saturated rings. The summed E-state index contributed by atoms with van der Waals surface area (Å²) >= 11 is 0. The van der Waals surface area contributed by atoms with Gasteiger partial charge >= 0.3 is 0 Å². The highest BCUT2D eigenvalue weighted by Gasteiger charge is 2.22. The van der Waals surface area contributed by atoms with Crippen LogP contribution in [-0.2, 0) is 9.47 Å². The maximum absolute atomic E-state index is 5.72. The molecule has 0 aliphatic heterocycles. The van der Waals surface area contributed by atoms with E-state index in [4.69, 9.17) is 9.47 Å². The Morgan fingerprint density at radius 3 is 2.41 bits per heavy atom. The highest BCUT2D eigenvalue weighted by molar-refractivity contribution is 4.78. The lowest BCUT2D eigenvalue weighted by atomic mass is 9.84. The molecule has 0 saturated heterocycles. The third-order valence-corrected chi connectivity index (χ3v) is 3.56. The highest BCUT2D eigenvalue weighted by atomic mass is 16.5. The average molecular weight is 243 g/mol. The number of nitrogens with one attached hydrogen (secondary N) is 1. The predicted octanol–water partition coefficient (Wildman–Crippen LogP) is 2.60. The Morgan fingerprint density at radius 2 is 1.76 bits per heavy atom. The second kappa shape index (κ2) is 9.86. The Morgan fingerprint density at radius 1 is 1.06 bits per heavy atom. The first-order valence-electron chi connectivity index (χ1n) is 7.27. The summed E-state index contributed by atoms with van der Waals surface area (Å²) in [7, 11) is 0. The van der Waals surface area contributed by atoms with Crippen LogP contribution >= 0.6 is 0 Å². The molecule has 0 aromatic carbocycles. The first-order valence-corrected chi connectivity index (χ1v) is 7.27. The predicted molar refractivity (Wildman–Crippen MR) is 71.4 cm³/mol. The van der Waals surface area contributed by atoms with Crippen molar-refractivity contribution in [2.24, 2.45) is 5.92 Å². The maximum Gasteiger partial charge on any atom is 0.0701 e. The molecule has 0 bridgehead atoms. The minimum Gasteiger partial charge on any atom is -0.379 e. The van der Waals surface area contributed by atoms with Crippen LogP contribution in [0, 0.1) is 5.92 Å². The number of hydrogen-bond acceptors (Lipinski definition) is 3. The lowest BCUT2D eigenvalue weighted by molar-refractivity contribution is 0.0330. The van der Waals surface area contributed by atoms with Crippen molar-refractivity contribution in [3.05, 3.63) is 0 Å². The van der Waals surface area contributed by atoms with Crippen LogP contribution in [0.15, 0.2) is 0 Å². The van der Waals surface area contributed by atoms with E-state index in [1.807, 2.05) is 6.92 Å². The molecule has 0 spiro atoms. The van der Waals surface area contributed by atoms with E-state index in [1.54, 1.807) is 0 Å². The topological polar surface area (TPSA) is 30.5 Å². The van der Waals surface area contributed by atoms with Gasteiger partial charge < -0.3 is 14.8 Å². The van der Waals surface area contributed by atoms with Gasteiger partial charge in [0.15, 0.2) is 0 Å². The fourth-order valence-corrected chi connectivity index (χ4v) is 2.63. The standard InChI is InChI=1S/C14H29NO2/c1-3-15-14(12-17-11-10-16-4-2)13-8-6-5-7-9-13/h13-15H,3-12H2,1-2H3. The number of ether oxygens (including phenoxy) is 2. The van der Waals surface area contributed by atoms with E-state index < -0.39 is 0 Å². The summed E-state index contributed by atoms with van der Waals surface area (Å²) in [5.41, 5.74) is 0. The SMILES string of the molecule is CCNC(COCCOCC)C1CCCCC1. The molecule has 1 aliphatic carbocycles. The van der Waals surface area contributed by atoms with E-state index in [9.17, 15) is 0 Å². The monoisotopic (exact) mass is 243 g/mol. The van der Waals surface area contributed by atoms with Crippen LogP contribution in [0.5, 0.6) is 0 Å². The quantitative estimate of drug-likeness (QED) is 0.631. The minimum absolute atomic E-state index is 0.543. The Balaban J connectivity index is 2.17. The summed E-state index contributed by atoms with van der Waals surface area (Å²) in [6, 6.07) is 0.543. The van der Waals surface area contributed by atoms with Crippen LogP contribution in [0.2, 0.25) is 0 Å². The largest absolute Gasteiger partial charge is 0.379 e. The fourth-order valence-electron chi connectivity index (χ4n) is 2.63. The third-order valence-electron chi connectivity index (χ3n) is 3.56. The van der Waals surface area contributed by atoms with Crippen molar-refractivity contribution < 1.29 is 9.47 Å². The Kier molecular flexibility index (Phi) is 8.67. The molecule has 0 aromatic heterocycles. The normalized spacial score (nSPS) is 19.4. The first kappa shape index (κ1) is 14.9. The molecule has 0 radical (unpaired) electrons. The summed E-state index contributed by atoms with van der Waals surface area (Å²) in [4.78, 5) is 0. The molecule has 1 N–H and O–H groups in total. The molecule has 17 heavy (non-hydrogen) atoms. The molecule has 1 unspecified atom stereocenters. The van der Waals surface area contributed by atoms with Crippen LogP contribution in [0.1, 0.15) is 46.0 Å². The molecule has 102 valence electrons. The molecule has 3 heteroatoms. The fraction of sp³-hybridized carbons (Fsp3) is 1.00. The summed E-state index contributed by atoms with van der Waals surface area (Å²) in [5, 5.41) is 3.58. The summed E-state index contributed by atoms with van der Waals surface area (Å²) in [6.45, 7) is 8.30. The molecule has 1 aliphatic rings. The molecule has 1 saturated carbocycles. The zero-order chi connectivity index (χ0) is 12.3. The van der Waals surface area contributed by atoms with Gasteiger partial charge in [0.05, 0.1) is 19.8 Å². The molecule has 0 aromatic rings. The van der Waals surface area contributed by atoms with Gasteiger partial charge in [-0.25, -0.2) is 0 Å². The molecule has 0 heterocycles. The van der Waals surface area contributed by atoms with Crippen LogP contribution in [0.25, 0.3) is 0 Å². The lowest BCUT2D eigenvalue weighted by Gasteiger charge is -2.30. The van der Waals surface area contributed by atoms with Crippen molar-refractivity contribution in [3.63, 3.8) is 0 Å². The Labute approximate surface area is 106 Å². The van der Waals surface area contributed by atoms with Gasteiger partial charge in [-0.3, -0.25) is 0 Å².